The lowest BCUT2D eigenvalue weighted by Gasteiger charge is -2.42. The minimum atomic E-state index is -1.87. The van der Waals surface area contributed by atoms with Gasteiger partial charge in [0, 0.05) is 6.61 Å². The lowest BCUT2D eigenvalue weighted by molar-refractivity contribution is -0.139. The van der Waals surface area contributed by atoms with Gasteiger partial charge in [-0.2, -0.15) is 0 Å². The molecule has 6 heteroatoms. The first kappa shape index (κ1) is 22.7. The summed E-state index contributed by atoms with van der Waals surface area (Å²) in [5.41, 5.74) is 0.950. The average Bonchev–Trinajstić information content (AvgIpc) is 2.64. The molecule has 5 nitrogen and oxygen atoms in total. The molecule has 1 aliphatic rings. The van der Waals surface area contributed by atoms with Crippen molar-refractivity contribution in [3.05, 3.63) is 48.2 Å². The molecular weight excluding hydrogens is 372 g/mol. The highest BCUT2D eigenvalue weighted by molar-refractivity contribution is 6.74. The minimum absolute atomic E-state index is 0.0353. The van der Waals surface area contributed by atoms with Gasteiger partial charge in [0.05, 0.1) is 18.4 Å². The Kier molecular flexibility index (Phi) is 8.28. The molecule has 156 valence electrons. The third kappa shape index (κ3) is 7.07. The molecule has 1 aliphatic heterocycles. The highest BCUT2D eigenvalue weighted by Gasteiger charge is 2.41. The molecule has 0 aliphatic carbocycles. The molecule has 1 fully saturated rings. The molecule has 2 rings (SSSR count). The second-order valence-corrected chi connectivity index (χ2v) is 13.5. The lowest BCUT2D eigenvalue weighted by atomic mass is 10.1. The summed E-state index contributed by atoms with van der Waals surface area (Å²) in [4.78, 5) is 11.8. The van der Waals surface area contributed by atoms with Crippen LogP contribution in [0.2, 0.25) is 18.1 Å². The van der Waals surface area contributed by atoms with Crippen molar-refractivity contribution in [2.45, 2.75) is 70.6 Å². The van der Waals surface area contributed by atoms with Gasteiger partial charge in [-0.25, -0.2) is 4.79 Å². The molecule has 0 unspecified atom stereocenters. The van der Waals surface area contributed by atoms with Gasteiger partial charge in [0.2, 0.25) is 0 Å². The summed E-state index contributed by atoms with van der Waals surface area (Å²) >= 11 is 0. The van der Waals surface area contributed by atoms with Crippen LogP contribution in [0.5, 0.6) is 0 Å². The maximum Gasteiger partial charge on any atom is 0.334 e. The van der Waals surface area contributed by atoms with Crippen LogP contribution in [0.1, 0.15) is 39.2 Å². The summed E-state index contributed by atoms with van der Waals surface area (Å²) in [7, 11) is -1.87. The first-order valence-corrected chi connectivity index (χ1v) is 12.9. The number of benzene rings is 1. The van der Waals surface area contributed by atoms with Crippen molar-refractivity contribution in [2.75, 3.05) is 13.2 Å². The van der Waals surface area contributed by atoms with Gasteiger partial charge >= 0.3 is 5.97 Å². The van der Waals surface area contributed by atoms with Crippen molar-refractivity contribution in [1.82, 2.24) is 0 Å². The lowest BCUT2D eigenvalue weighted by Crippen LogP contribution is -2.50. The second-order valence-electron chi connectivity index (χ2n) is 8.70. The molecule has 1 aromatic rings. The highest BCUT2D eigenvalue weighted by Crippen LogP contribution is 2.38. The quantitative estimate of drug-likeness (QED) is 0.268. The molecule has 0 radical (unpaired) electrons. The van der Waals surface area contributed by atoms with E-state index in [-0.39, 0.29) is 23.9 Å². The normalized spacial score (nSPS) is 20.9. The molecule has 28 heavy (non-hydrogen) atoms. The van der Waals surface area contributed by atoms with Crippen LogP contribution in [0.3, 0.4) is 0 Å². The van der Waals surface area contributed by atoms with Gasteiger partial charge < -0.3 is 18.6 Å². The molecule has 1 heterocycles. The number of hydrogen-bond acceptors (Lipinski definition) is 5. The molecular formula is C22H34O5Si. The van der Waals surface area contributed by atoms with Gasteiger partial charge in [-0.05, 0) is 36.5 Å². The van der Waals surface area contributed by atoms with Crippen LogP contribution in [0.4, 0.5) is 0 Å². The molecule has 0 spiro atoms. The van der Waals surface area contributed by atoms with Gasteiger partial charge in [-0.1, -0.05) is 51.1 Å². The second kappa shape index (κ2) is 10.2. The third-order valence-corrected chi connectivity index (χ3v) is 9.92. The van der Waals surface area contributed by atoms with E-state index in [1.165, 1.54) is 12.3 Å². The summed E-state index contributed by atoms with van der Waals surface area (Å²) in [5.74, 6) is -0.428. The largest absolute Gasteiger partial charge is 0.498 e. The number of rotatable bonds is 8. The van der Waals surface area contributed by atoms with E-state index in [0.717, 1.165) is 18.4 Å². The highest BCUT2D eigenvalue weighted by atomic mass is 28.4. The van der Waals surface area contributed by atoms with E-state index in [0.29, 0.717) is 13.2 Å². The topological polar surface area (TPSA) is 54.0 Å². The Morgan fingerprint density at radius 3 is 2.64 bits per heavy atom. The van der Waals surface area contributed by atoms with Gasteiger partial charge in [-0.3, -0.25) is 0 Å². The van der Waals surface area contributed by atoms with Crippen LogP contribution in [0.15, 0.2) is 42.7 Å². The first-order valence-electron chi connectivity index (χ1n) is 9.97. The van der Waals surface area contributed by atoms with E-state index in [9.17, 15) is 4.79 Å². The van der Waals surface area contributed by atoms with E-state index in [2.05, 4.69) is 33.9 Å². The fourth-order valence-electron chi connectivity index (χ4n) is 2.69. The fourth-order valence-corrected chi connectivity index (χ4v) is 4.07. The van der Waals surface area contributed by atoms with Crippen molar-refractivity contribution in [2.24, 2.45) is 0 Å². The van der Waals surface area contributed by atoms with E-state index in [1.54, 1.807) is 0 Å². The third-order valence-electron chi connectivity index (χ3n) is 5.42. The van der Waals surface area contributed by atoms with E-state index in [4.69, 9.17) is 18.6 Å². The maximum atomic E-state index is 11.8. The van der Waals surface area contributed by atoms with Gasteiger partial charge in [0.15, 0.2) is 8.32 Å². The van der Waals surface area contributed by atoms with Crippen LogP contribution in [0.25, 0.3) is 0 Å². The predicted octanol–water partition coefficient (Wildman–Crippen LogP) is 4.83. The van der Waals surface area contributed by atoms with E-state index in [1.807, 2.05) is 30.3 Å². The zero-order chi connectivity index (χ0) is 20.6. The molecule has 0 bridgehead atoms. The van der Waals surface area contributed by atoms with Crippen LogP contribution >= 0.6 is 0 Å². The Hall–Kier alpha value is -1.63. The Morgan fingerprint density at radius 2 is 1.96 bits per heavy atom. The summed E-state index contributed by atoms with van der Waals surface area (Å²) < 4.78 is 23.2. The summed E-state index contributed by atoms with van der Waals surface area (Å²) in [6, 6.07) is 9.57. The fraction of sp³-hybridized carbons (Fsp3) is 0.591. The van der Waals surface area contributed by atoms with E-state index >= 15 is 0 Å². The van der Waals surface area contributed by atoms with Gasteiger partial charge in [-0.15, -0.1) is 0 Å². The SMILES string of the molecule is CC(C)(C)[Si](C)(C)O[C@@H]1CCCO[C@@H]1CO/C=C/C(=O)OCc1ccccc1. The molecule has 1 aromatic carbocycles. The molecule has 0 amide bonds. The average molecular weight is 407 g/mol. The zero-order valence-corrected chi connectivity index (χ0v) is 18.8. The first-order chi connectivity index (χ1) is 13.2. The van der Waals surface area contributed by atoms with Gasteiger partial charge in [0.1, 0.15) is 19.3 Å². The maximum absolute atomic E-state index is 11.8. The summed E-state index contributed by atoms with van der Waals surface area (Å²) in [6.07, 6.45) is 4.58. The summed E-state index contributed by atoms with van der Waals surface area (Å²) in [6.45, 7) is 12.5. The number of carbonyl (C=O) groups is 1. The van der Waals surface area contributed by atoms with Crippen molar-refractivity contribution >= 4 is 14.3 Å². The van der Waals surface area contributed by atoms with Crippen LogP contribution in [-0.2, 0) is 30.0 Å². The molecule has 2 atom stereocenters. The standard InChI is InChI=1S/C22H34O5Si/c1-22(2,3)28(4,5)27-19-12-9-14-25-20(19)17-24-15-13-21(23)26-16-18-10-7-6-8-11-18/h6-8,10-11,13,15,19-20H,9,12,14,16-17H2,1-5H3/b15-13+/t19-,20-/m1/s1. The Morgan fingerprint density at radius 1 is 1.25 bits per heavy atom. The van der Waals surface area contributed by atoms with E-state index < -0.39 is 14.3 Å². The van der Waals surface area contributed by atoms with Crippen LogP contribution in [-0.4, -0.2) is 39.7 Å². The number of ether oxygens (including phenoxy) is 3. The monoisotopic (exact) mass is 406 g/mol. The Bertz CT molecular complexity index is 636. The van der Waals surface area contributed by atoms with Crippen molar-refractivity contribution in [3.63, 3.8) is 0 Å². The molecule has 0 N–H and O–H groups in total. The Balaban J connectivity index is 1.78. The van der Waals surface area contributed by atoms with Crippen LogP contribution < -0.4 is 0 Å². The minimum Gasteiger partial charge on any atom is -0.498 e. The summed E-state index contributed by atoms with van der Waals surface area (Å²) in [5, 5.41) is 0.151. The van der Waals surface area contributed by atoms with Crippen molar-refractivity contribution < 1.29 is 23.4 Å². The van der Waals surface area contributed by atoms with Crippen molar-refractivity contribution in [3.8, 4) is 0 Å². The van der Waals surface area contributed by atoms with Gasteiger partial charge in [0.25, 0.3) is 0 Å². The van der Waals surface area contributed by atoms with Crippen molar-refractivity contribution in [1.29, 1.82) is 0 Å². The smallest absolute Gasteiger partial charge is 0.334 e. The number of hydrogen-bond donors (Lipinski definition) is 0. The predicted molar refractivity (Wildman–Crippen MR) is 112 cm³/mol. The molecule has 0 saturated carbocycles. The number of carbonyl (C=O) groups excluding carboxylic acids is 1. The molecule has 0 aromatic heterocycles. The Labute approximate surface area is 170 Å². The van der Waals surface area contributed by atoms with Crippen LogP contribution in [0, 0.1) is 0 Å². The zero-order valence-electron chi connectivity index (χ0n) is 17.8. The number of esters is 1. The molecule has 1 saturated heterocycles.